The maximum atomic E-state index is 5.43. The van der Waals surface area contributed by atoms with Gasteiger partial charge < -0.3 is 0 Å². The highest BCUT2D eigenvalue weighted by Gasteiger charge is 2.09. The van der Waals surface area contributed by atoms with Crippen LogP contribution in [0.1, 0.15) is 0 Å². The molecule has 0 saturated heterocycles. The van der Waals surface area contributed by atoms with Crippen molar-refractivity contribution in [2.45, 2.75) is 9.24 Å². The van der Waals surface area contributed by atoms with Gasteiger partial charge in [-0.1, -0.05) is 18.2 Å². The van der Waals surface area contributed by atoms with Gasteiger partial charge in [-0.25, -0.2) is 4.98 Å². The molecule has 2 N–H and O–H groups in total. The highest BCUT2D eigenvalue weighted by atomic mass is 32.2. The summed E-state index contributed by atoms with van der Waals surface area (Å²) in [6.45, 7) is 0. The third-order valence-electron chi connectivity index (χ3n) is 1.86. The first-order valence-electron chi connectivity index (χ1n) is 4.19. The molecule has 0 saturated carbocycles. The standard InChI is InChI=1S/C9H9N3S3/c1-13-7-5-3-2-4-6(7)8-11-9(14-10)15-12-8/h2-5H,10H2,1H3. The predicted molar refractivity (Wildman–Crippen MR) is 67.2 cm³/mol. The van der Waals surface area contributed by atoms with E-state index < -0.39 is 0 Å². The molecule has 0 amide bonds. The number of hydrogen-bond acceptors (Lipinski definition) is 6. The first kappa shape index (κ1) is 10.9. The summed E-state index contributed by atoms with van der Waals surface area (Å²) in [4.78, 5) is 5.52. The minimum Gasteiger partial charge on any atom is -0.272 e. The number of rotatable bonds is 3. The second kappa shape index (κ2) is 4.98. The summed E-state index contributed by atoms with van der Waals surface area (Å²) in [5.74, 6) is 0.762. The van der Waals surface area contributed by atoms with Crippen LogP contribution in [0.5, 0.6) is 0 Å². The molecule has 0 aliphatic carbocycles. The van der Waals surface area contributed by atoms with E-state index in [9.17, 15) is 0 Å². The van der Waals surface area contributed by atoms with Crippen molar-refractivity contribution < 1.29 is 0 Å². The molecule has 78 valence electrons. The van der Waals surface area contributed by atoms with Crippen molar-refractivity contribution >= 4 is 35.2 Å². The normalized spacial score (nSPS) is 10.5. The van der Waals surface area contributed by atoms with Gasteiger partial charge in [0, 0.05) is 10.5 Å². The van der Waals surface area contributed by atoms with Crippen LogP contribution in [0, 0.1) is 0 Å². The molecule has 0 radical (unpaired) electrons. The van der Waals surface area contributed by atoms with Crippen LogP contribution in [0.25, 0.3) is 11.4 Å². The Bertz CT molecular complexity index is 455. The van der Waals surface area contributed by atoms with Crippen LogP contribution in [-0.2, 0) is 0 Å². The van der Waals surface area contributed by atoms with Crippen molar-refractivity contribution in [3.63, 3.8) is 0 Å². The molecule has 0 aliphatic rings. The highest BCUT2D eigenvalue weighted by molar-refractivity contribution is 7.99. The Balaban J connectivity index is 2.44. The summed E-state index contributed by atoms with van der Waals surface area (Å²) in [5.41, 5.74) is 1.07. The van der Waals surface area contributed by atoms with E-state index >= 15 is 0 Å². The summed E-state index contributed by atoms with van der Waals surface area (Å²) in [7, 11) is 0. The molecule has 15 heavy (non-hydrogen) atoms. The zero-order valence-electron chi connectivity index (χ0n) is 8.01. The molecule has 6 heteroatoms. The molecule has 1 aromatic carbocycles. The Labute approximate surface area is 101 Å². The fourth-order valence-corrected chi connectivity index (χ4v) is 2.64. The van der Waals surface area contributed by atoms with E-state index in [1.54, 1.807) is 11.8 Å². The molecule has 0 aliphatic heterocycles. The van der Waals surface area contributed by atoms with Gasteiger partial charge in [0.1, 0.15) is 0 Å². The third-order valence-corrected chi connectivity index (χ3v) is 3.97. The number of thioether (sulfide) groups is 1. The second-order valence-corrected chi connectivity index (χ2v) is 5.18. The van der Waals surface area contributed by atoms with Crippen LogP contribution in [0.3, 0.4) is 0 Å². The van der Waals surface area contributed by atoms with Crippen LogP contribution < -0.4 is 5.14 Å². The minimum absolute atomic E-state index is 0.762. The van der Waals surface area contributed by atoms with Gasteiger partial charge in [-0.3, -0.25) is 5.14 Å². The monoisotopic (exact) mass is 255 g/mol. The Morgan fingerprint density at radius 2 is 2.13 bits per heavy atom. The van der Waals surface area contributed by atoms with E-state index in [-0.39, 0.29) is 0 Å². The first-order chi connectivity index (χ1) is 7.35. The second-order valence-electron chi connectivity index (χ2n) is 2.70. The lowest BCUT2D eigenvalue weighted by Gasteiger charge is -2.01. The minimum atomic E-state index is 0.762. The van der Waals surface area contributed by atoms with Crippen LogP contribution >= 0.6 is 35.2 Å². The summed E-state index contributed by atoms with van der Waals surface area (Å²) in [5, 5.41) is 5.43. The molecular weight excluding hydrogens is 246 g/mol. The van der Waals surface area contributed by atoms with Gasteiger partial charge in [0.25, 0.3) is 0 Å². The fraction of sp³-hybridized carbons (Fsp3) is 0.111. The highest BCUT2D eigenvalue weighted by Crippen LogP contribution is 2.29. The lowest BCUT2D eigenvalue weighted by molar-refractivity contribution is 1.20. The van der Waals surface area contributed by atoms with E-state index in [0.29, 0.717) is 0 Å². The molecule has 2 rings (SSSR count). The van der Waals surface area contributed by atoms with Crippen molar-refractivity contribution in [1.82, 2.24) is 9.36 Å². The zero-order valence-corrected chi connectivity index (χ0v) is 10.5. The fourth-order valence-electron chi connectivity index (χ4n) is 1.20. The molecule has 1 heterocycles. The van der Waals surface area contributed by atoms with E-state index in [2.05, 4.69) is 15.4 Å². The number of hydrogen-bond donors (Lipinski definition) is 1. The van der Waals surface area contributed by atoms with Gasteiger partial charge in [-0.05, 0) is 35.8 Å². The Morgan fingerprint density at radius 3 is 2.80 bits per heavy atom. The summed E-state index contributed by atoms with van der Waals surface area (Å²) >= 11 is 4.16. The molecule has 0 fully saturated rings. The van der Waals surface area contributed by atoms with Gasteiger partial charge in [-0.2, -0.15) is 4.37 Å². The SMILES string of the molecule is CSc1ccccc1-c1nsc(SN)n1. The number of nitrogens with two attached hydrogens (primary N) is 1. The van der Waals surface area contributed by atoms with Gasteiger partial charge in [0.2, 0.25) is 0 Å². The first-order valence-corrected chi connectivity index (χ1v) is 7.06. The van der Waals surface area contributed by atoms with E-state index in [4.69, 9.17) is 5.14 Å². The summed E-state index contributed by atoms with van der Waals surface area (Å²) in [6.07, 6.45) is 2.05. The van der Waals surface area contributed by atoms with Crippen molar-refractivity contribution in [3.8, 4) is 11.4 Å². The third kappa shape index (κ3) is 2.34. The van der Waals surface area contributed by atoms with Gasteiger partial charge >= 0.3 is 0 Å². The van der Waals surface area contributed by atoms with Gasteiger partial charge in [0.15, 0.2) is 10.2 Å². The molecule has 1 aromatic heterocycles. The lowest BCUT2D eigenvalue weighted by Crippen LogP contribution is -1.84. The predicted octanol–water partition coefficient (Wildman–Crippen LogP) is 2.89. The van der Waals surface area contributed by atoms with Crippen molar-refractivity contribution in [1.29, 1.82) is 0 Å². The molecule has 0 bridgehead atoms. The van der Waals surface area contributed by atoms with E-state index in [1.807, 2.05) is 24.5 Å². The summed E-state index contributed by atoms with van der Waals surface area (Å²) < 4.78 is 5.07. The van der Waals surface area contributed by atoms with Gasteiger partial charge in [-0.15, -0.1) is 11.8 Å². The summed E-state index contributed by atoms with van der Waals surface area (Å²) in [6, 6.07) is 8.10. The maximum absolute atomic E-state index is 5.43. The smallest absolute Gasteiger partial charge is 0.185 e. The van der Waals surface area contributed by atoms with Crippen molar-refractivity contribution in [2.75, 3.05) is 6.26 Å². The van der Waals surface area contributed by atoms with Crippen LogP contribution in [-0.4, -0.2) is 15.6 Å². The van der Waals surface area contributed by atoms with Crippen LogP contribution in [0.15, 0.2) is 33.5 Å². The Morgan fingerprint density at radius 1 is 1.33 bits per heavy atom. The van der Waals surface area contributed by atoms with E-state index in [1.165, 1.54) is 16.4 Å². The topological polar surface area (TPSA) is 51.8 Å². The molecule has 0 unspecified atom stereocenters. The van der Waals surface area contributed by atoms with Crippen LogP contribution in [0.2, 0.25) is 0 Å². The molecular formula is C9H9N3S3. The average Bonchev–Trinajstić information content (AvgIpc) is 2.77. The largest absolute Gasteiger partial charge is 0.272 e. The molecule has 0 atom stereocenters. The lowest BCUT2D eigenvalue weighted by atomic mass is 10.2. The van der Waals surface area contributed by atoms with E-state index in [0.717, 1.165) is 27.7 Å². The quantitative estimate of drug-likeness (QED) is 0.675. The van der Waals surface area contributed by atoms with Crippen molar-refractivity contribution in [3.05, 3.63) is 24.3 Å². The number of nitrogens with zero attached hydrogens (tertiary/aromatic N) is 2. The number of aromatic nitrogens is 2. The molecule has 0 spiro atoms. The average molecular weight is 255 g/mol. The molecule has 3 nitrogen and oxygen atoms in total. The number of benzene rings is 1. The zero-order chi connectivity index (χ0) is 10.7. The Kier molecular flexibility index (Phi) is 3.63. The maximum Gasteiger partial charge on any atom is 0.185 e. The van der Waals surface area contributed by atoms with Gasteiger partial charge in [0.05, 0.1) is 0 Å². The van der Waals surface area contributed by atoms with Crippen molar-refractivity contribution in [2.24, 2.45) is 5.14 Å². The molecule has 2 aromatic rings. The Hall–Kier alpha value is -0.560. The van der Waals surface area contributed by atoms with Crippen LogP contribution in [0.4, 0.5) is 0 Å².